The van der Waals surface area contributed by atoms with Crippen LogP contribution in [0.25, 0.3) is 16.6 Å². The first-order valence-corrected chi connectivity index (χ1v) is 12.0. The summed E-state index contributed by atoms with van der Waals surface area (Å²) in [4.78, 5) is 40.9. The highest BCUT2D eigenvalue weighted by atomic mass is 16.5. The van der Waals surface area contributed by atoms with Gasteiger partial charge in [0.1, 0.15) is 17.1 Å². The van der Waals surface area contributed by atoms with Gasteiger partial charge in [0, 0.05) is 23.0 Å². The van der Waals surface area contributed by atoms with Gasteiger partial charge >= 0.3 is 11.9 Å². The minimum atomic E-state index is -1.12. The zero-order valence-electron chi connectivity index (χ0n) is 21.1. The number of esters is 1. The molecule has 0 radical (unpaired) electrons. The summed E-state index contributed by atoms with van der Waals surface area (Å²) < 4.78 is 18.6. The van der Waals surface area contributed by atoms with E-state index >= 15 is 0 Å². The molecule has 1 amide bonds. The van der Waals surface area contributed by atoms with Crippen LogP contribution in [0.2, 0.25) is 0 Å². The SMILES string of the molecule is CCOC(=O)c1c(CC(=O)O)n(-c2ccc(OC(C)C)cc2)c2ccc(Oc3ncccc3C(N)=O)cc12. The van der Waals surface area contributed by atoms with E-state index in [1.165, 1.54) is 12.3 Å². The molecule has 10 heteroatoms. The predicted molar refractivity (Wildman–Crippen MR) is 139 cm³/mol. The van der Waals surface area contributed by atoms with E-state index in [0.717, 1.165) is 0 Å². The van der Waals surface area contributed by atoms with Gasteiger partial charge in [0.2, 0.25) is 5.88 Å². The summed E-state index contributed by atoms with van der Waals surface area (Å²) >= 11 is 0. The number of carboxylic acids is 1. The number of hydrogen-bond donors (Lipinski definition) is 2. The van der Waals surface area contributed by atoms with Crippen molar-refractivity contribution >= 4 is 28.7 Å². The highest BCUT2D eigenvalue weighted by molar-refractivity contribution is 6.07. The molecule has 2 aromatic heterocycles. The fraction of sp³-hybridized carbons (Fsp3) is 0.214. The summed E-state index contributed by atoms with van der Waals surface area (Å²) in [5.41, 5.74) is 7.07. The number of primary amides is 1. The number of carbonyl (C=O) groups is 3. The second kappa shape index (κ2) is 11.0. The van der Waals surface area contributed by atoms with Crippen molar-refractivity contribution in [2.45, 2.75) is 33.3 Å². The molecule has 0 unspecified atom stereocenters. The molecule has 10 nitrogen and oxygen atoms in total. The Labute approximate surface area is 218 Å². The van der Waals surface area contributed by atoms with Crippen LogP contribution in [-0.2, 0) is 16.0 Å². The van der Waals surface area contributed by atoms with Gasteiger partial charge in [-0.1, -0.05) is 0 Å². The maximum absolute atomic E-state index is 13.1. The summed E-state index contributed by atoms with van der Waals surface area (Å²) in [6.45, 7) is 5.61. The molecule has 0 aliphatic heterocycles. The molecule has 4 rings (SSSR count). The predicted octanol–water partition coefficient (Wildman–Crippen LogP) is 4.51. The van der Waals surface area contributed by atoms with Crippen LogP contribution in [0.15, 0.2) is 60.8 Å². The smallest absolute Gasteiger partial charge is 0.340 e. The van der Waals surface area contributed by atoms with Crippen molar-refractivity contribution in [3.05, 3.63) is 77.6 Å². The van der Waals surface area contributed by atoms with E-state index in [2.05, 4.69) is 4.98 Å². The molecule has 0 saturated carbocycles. The number of amides is 1. The van der Waals surface area contributed by atoms with Crippen molar-refractivity contribution in [2.75, 3.05) is 6.61 Å². The van der Waals surface area contributed by atoms with Crippen molar-refractivity contribution in [3.8, 4) is 23.1 Å². The molecule has 2 heterocycles. The number of carbonyl (C=O) groups excluding carboxylic acids is 2. The van der Waals surface area contributed by atoms with Crippen LogP contribution in [-0.4, -0.2) is 45.2 Å². The maximum Gasteiger partial charge on any atom is 0.340 e. The molecule has 0 aliphatic rings. The number of nitrogens with two attached hydrogens (primary N) is 1. The van der Waals surface area contributed by atoms with E-state index in [0.29, 0.717) is 22.3 Å². The Kier molecular flexibility index (Phi) is 7.61. The number of aromatic nitrogens is 2. The molecule has 0 aliphatic carbocycles. The second-order valence-corrected chi connectivity index (χ2v) is 8.61. The molecular formula is C28H27N3O7. The summed E-state index contributed by atoms with van der Waals surface area (Å²) in [6.07, 6.45) is 1.01. The maximum atomic E-state index is 13.1. The van der Waals surface area contributed by atoms with Gasteiger partial charge in [0.15, 0.2) is 0 Å². The number of aliphatic carboxylic acids is 1. The first-order chi connectivity index (χ1) is 18.2. The van der Waals surface area contributed by atoms with Crippen LogP contribution in [0.5, 0.6) is 17.4 Å². The molecule has 0 spiro atoms. The summed E-state index contributed by atoms with van der Waals surface area (Å²) in [5.74, 6) is -1.56. The van der Waals surface area contributed by atoms with Gasteiger partial charge in [-0.3, -0.25) is 9.59 Å². The fourth-order valence-electron chi connectivity index (χ4n) is 4.14. The Hall–Kier alpha value is -4.86. The number of rotatable bonds is 10. The number of benzene rings is 2. The fourth-order valence-corrected chi connectivity index (χ4v) is 4.14. The number of carboxylic acid groups (broad SMARTS) is 1. The van der Waals surface area contributed by atoms with E-state index < -0.39 is 24.3 Å². The van der Waals surface area contributed by atoms with Gasteiger partial charge in [-0.15, -0.1) is 0 Å². The third-order valence-electron chi connectivity index (χ3n) is 5.55. The normalized spacial score (nSPS) is 10.9. The lowest BCUT2D eigenvalue weighted by molar-refractivity contribution is -0.136. The minimum Gasteiger partial charge on any atom is -0.491 e. The standard InChI is InChI=1S/C28H27N3O7/c1-4-36-28(35)25-21-14-19(38-27-20(26(29)34)6-5-13-30-27)11-12-22(21)31(23(25)15-24(32)33)17-7-9-18(10-8-17)37-16(2)3/h5-14,16H,4,15H2,1-3H3,(H2,29,34)(H,32,33). The van der Waals surface area contributed by atoms with E-state index in [9.17, 15) is 19.5 Å². The van der Waals surface area contributed by atoms with E-state index in [-0.39, 0.29) is 41.2 Å². The monoisotopic (exact) mass is 517 g/mol. The minimum absolute atomic E-state index is 0.00275. The van der Waals surface area contributed by atoms with Crippen LogP contribution in [0.4, 0.5) is 0 Å². The summed E-state index contributed by atoms with van der Waals surface area (Å²) in [6, 6.07) is 15.1. The zero-order chi connectivity index (χ0) is 27.4. The number of hydrogen-bond acceptors (Lipinski definition) is 7. The average Bonchev–Trinajstić information content (AvgIpc) is 3.17. The molecule has 0 saturated heterocycles. The van der Waals surface area contributed by atoms with Crippen LogP contribution >= 0.6 is 0 Å². The van der Waals surface area contributed by atoms with Gasteiger partial charge in [-0.2, -0.15) is 0 Å². The lowest BCUT2D eigenvalue weighted by atomic mass is 10.1. The van der Waals surface area contributed by atoms with E-state index in [1.54, 1.807) is 60.0 Å². The van der Waals surface area contributed by atoms with Gasteiger partial charge < -0.3 is 29.6 Å². The van der Waals surface area contributed by atoms with Crippen molar-refractivity contribution in [1.29, 1.82) is 0 Å². The number of fused-ring (bicyclic) bond motifs is 1. The van der Waals surface area contributed by atoms with Gasteiger partial charge in [-0.25, -0.2) is 9.78 Å². The molecule has 4 aromatic rings. The van der Waals surface area contributed by atoms with Gasteiger partial charge in [0.05, 0.1) is 30.2 Å². The van der Waals surface area contributed by atoms with Gasteiger partial charge in [0.25, 0.3) is 5.91 Å². The number of pyridine rings is 1. The Bertz CT molecular complexity index is 1510. The average molecular weight is 518 g/mol. The van der Waals surface area contributed by atoms with Gasteiger partial charge in [-0.05, 0) is 75.4 Å². The summed E-state index contributed by atoms with van der Waals surface area (Å²) in [7, 11) is 0. The third kappa shape index (κ3) is 5.44. The Balaban J connectivity index is 1.92. The van der Waals surface area contributed by atoms with Crippen molar-refractivity contribution in [2.24, 2.45) is 5.73 Å². The first kappa shape index (κ1) is 26.2. The molecular weight excluding hydrogens is 490 g/mol. The zero-order valence-corrected chi connectivity index (χ0v) is 21.1. The highest BCUT2D eigenvalue weighted by Crippen LogP contribution is 2.35. The largest absolute Gasteiger partial charge is 0.491 e. The van der Waals surface area contributed by atoms with E-state index in [4.69, 9.17) is 19.9 Å². The topological polar surface area (TPSA) is 143 Å². The second-order valence-electron chi connectivity index (χ2n) is 8.61. The van der Waals surface area contributed by atoms with Crippen molar-refractivity contribution < 1.29 is 33.7 Å². The number of nitrogens with zero attached hydrogens (tertiary/aromatic N) is 2. The lowest BCUT2D eigenvalue weighted by Gasteiger charge is -2.13. The van der Waals surface area contributed by atoms with Crippen molar-refractivity contribution in [1.82, 2.24) is 9.55 Å². The van der Waals surface area contributed by atoms with Crippen LogP contribution in [0, 0.1) is 0 Å². The van der Waals surface area contributed by atoms with Crippen LogP contribution in [0.3, 0.4) is 0 Å². The Morgan fingerprint density at radius 1 is 1.05 bits per heavy atom. The molecule has 0 fully saturated rings. The molecule has 38 heavy (non-hydrogen) atoms. The number of ether oxygens (including phenoxy) is 3. The van der Waals surface area contributed by atoms with Crippen molar-refractivity contribution in [3.63, 3.8) is 0 Å². The quantitative estimate of drug-likeness (QED) is 0.293. The molecule has 0 bridgehead atoms. The highest BCUT2D eigenvalue weighted by Gasteiger charge is 2.27. The Morgan fingerprint density at radius 3 is 2.39 bits per heavy atom. The van der Waals surface area contributed by atoms with E-state index in [1.807, 2.05) is 13.8 Å². The molecule has 196 valence electrons. The molecule has 3 N–H and O–H groups in total. The molecule has 0 atom stereocenters. The van der Waals surface area contributed by atoms with Crippen LogP contribution in [0.1, 0.15) is 47.2 Å². The lowest BCUT2D eigenvalue weighted by Crippen LogP contribution is -2.13. The molecule has 2 aromatic carbocycles. The Morgan fingerprint density at radius 2 is 1.76 bits per heavy atom. The first-order valence-electron chi connectivity index (χ1n) is 12.0. The third-order valence-corrected chi connectivity index (χ3v) is 5.55. The van der Waals surface area contributed by atoms with Crippen LogP contribution < -0.4 is 15.2 Å². The summed E-state index contributed by atoms with van der Waals surface area (Å²) in [5, 5.41) is 10.1.